The van der Waals surface area contributed by atoms with Crippen molar-refractivity contribution < 1.29 is 22.3 Å². The Morgan fingerprint density at radius 1 is 1.10 bits per heavy atom. The maximum absolute atomic E-state index is 13.4. The number of hydrogen-bond donors (Lipinski definition) is 2. The van der Waals surface area contributed by atoms with Gasteiger partial charge in [0.05, 0.1) is 29.4 Å². The second-order valence-corrected chi connectivity index (χ2v) is 8.35. The Morgan fingerprint density at radius 2 is 1.86 bits per heavy atom. The van der Waals surface area contributed by atoms with Crippen LogP contribution >= 0.6 is 0 Å². The lowest BCUT2D eigenvalue weighted by Gasteiger charge is -2.26. The fourth-order valence-electron chi connectivity index (χ4n) is 3.03. The highest BCUT2D eigenvalue weighted by molar-refractivity contribution is 7.92. The standard InChI is InChI=1S/C20H24FN3O4S/c21-16-5-3-6-17(15-16)29(26,27)23-19-8-2-1-7-18(19)20(25)22-9-4-10-24-11-13-28-14-12-24/h1-3,5-8,15,23H,4,9-14H2,(H,22,25). The molecule has 1 aliphatic heterocycles. The van der Waals surface area contributed by atoms with Crippen molar-refractivity contribution in [1.82, 2.24) is 10.2 Å². The first-order valence-electron chi connectivity index (χ1n) is 9.41. The van der Waals surface area contributed by atoms with Gasteiger partial charge in [-0.3, -0.25) is 14.4 Å². The number of sulfonamides is 1. The van der Waals surface area contributed by atoms with E-state index < -0.39 is 15.8 Å². The molecule has 2 aromatic rings. The summed E-state index contributed by atoms with van der Waals surface area (Å²) in [4.78, 5) is 14.6. The second-order valence-electron chi connectivity index (χ2n) is 6.67. The molecule has 0 spiro atoms. The highest BCUT2D eigenvalue weighted by atomic mass is 32.2. The van der Waals surface area contributed by atoms with Crippen molar-refractivity contribution in [2.24, 2.45) is 0 Å². The third-order valence-corrected chi connectivity index (χ3v) is 5.93. The summed E-state index contributed by atoms with van der Waals surface area (Å²) in [5.41, 5.74) is 0.348. The molecular weight excluding hydrogens is 397 g/mol. The Bertz CT molecular complexity index is 946. The monoisotopic (exact) mass is 421 g/mol. The van der Waals surface area contributed by atoms with Gasteiger partial charge in [0.1, 0.15) is 5.82 Å². The zero-order valence-corrected chi connectivity index (χ0v) is 16.8. The number of amides is 1. The summed E-state index contributed by atoms with van der Waals surface area (Å²) in [6.45, 7) is 4.56. The molecule has 0 unspecified atom stereocenters. The van der Waals surface area contributed by atoms with Crippen LogP contribution in [0.4, 0.5) is 10.1 Å². The number of carbonyl (C=O) groups excluding carboxylic acids is 1. The average Bonchev–Trinajstić information content (AvgIpc) is 2.72. The summed E-state index contributed by atoms with van der Waals surface area (Å²) >= 11 is 0. The van der Waals surface area contributed by atoms with Crippen molar-refractivity contribution in [1.29, 1.82) is 0 Å². The molecule has 29 heavy (non-hydrogen) atoms. The molecule has 0 bridgehead atoms. The minimum atomic E-state index is -4.02. The van der Waals surface area contributed by atoms with Crippen molar-refractivity contribution >= 4 is 21.6 Å². The van der Waals surface area contributed by atoms with Gasteiger partial charge in [-0.25, -0.2) is 12.8 Å². The summed E-state index contributed by atoms with van der Waals surface area (Å²) in [6, 6.07) is 11.0. The van der Waals surface area contributed by atoms with Gasteiger partial charge in [-0.05, 0) is 43.3 Å². The van der Waals surface area contributed by atoms with Crippen molar-refractivity contribution in [3.8, 4) is 0 Å². The van der Waals surface area contributed by atoms with E-state index in [1.54, 1.807) is 18.2 Å². The van der Waals surface area contributed by atoms with E-state index in [1.165, 1.54) is 18.2 Å². The fraction of sp³-hybridized carbons (Fsp3) is 0.350. The van der Waals surface area contributed by atoms with E-state index in [1.807, 2.05) is 0 Å². The lowest BCUT2D eigenvalue weighted by molar-refractivity contribution is 0.0374. The number of nitrogens with one attached hydrogen (secondary N) is 2. The van der Waals surface area contributed by atoms with Crippen molar-refractivity contribution in [3.05, 3.63) is 59.9 Å². The van der Waals surface area contributed by atoms with E-state index in [2.05, 4.69) is 14.9 Å². The number of ether oxygens (including phenoxy) is 1. The minimum Gasteiger partial charge on any atom is -0.379 e. The van der Waals surface area contributed by atoms with Crippen LogP contribution in [0.1, 0.15) is 16.8 Å². The Kier molecular flexibility index (Phi) is 7.18. The molecule has 156 valence electrons. The SMILES string of the molecule is O=C(NCCCN1CCOCC1)c1ccccc1NS(=O)(=O)c1cccc(F)c1. The molecule has 1 aliphatic rings. The molecular formula is C20H24FN3O4S. The van der Waals surface area contributed by atoms with Crippen LogP contribution in [-0.4, -0.2) is 58.6 Å². The second kappa shape index (κ2) is 9.82. The van der Waals surface area contributed by atoms with Crippen LogP contribution in [-0.2, 0) is 14.8 Å². The molecule has 0 saturated carbocycles. The van der Waals surface area contributed by atoms with Crippen LogP contribution < -0.4 is 10.0 Å². The molecule has 1 amide bonds. The lowest BCUT2D eigenvalue weighted by atomic mass is 10.1. The number of halogens is 1. The normalized spacial score (nSPS) is 15.1. The zero-order chi connectivity index (χ0) is 20.7. The molecule has 3 rings (SSSR count). The van der Waals surface area contributed by atoms with Gasteiger partial charge in [-0.1, -0.05) is 18.2 Å². The van der Waals surface area contributed by atoms with Gasteiger partial charge >= 0.3 is 0 Å². The molecule has 9 heteroatoms. The topological polar surface area (TPSA) is 87.7 Å². The zero-order valence-electron chi connectivity index (χ0n) is 15.9. The smallest absolute Gasteiger partial charge is 0.262 e. The van der Waals surface area contributed by atoms with Gasteiger partial charge in [0.2, 0.25) is 0 Å². The summed E-state index contributed by atoms with van der Waals surface area (Å²) < 4.78 is 46.1. The van der Waals surface area contributed by atoms with Crippen LogP contribution in [0.3, 0.4) is 0 Å². The molecule has 1 saturated heterocycles. The van der Waals surface area contributed by atoms with Crippen molar-refractivity contribution in [2.75, 3.05) is 44.1 Å². The van der Waals surface area contributed by atoms with E-state index >= 15 is 0 Å². The molecule has 7 nitrogen and oxygen atoms in total. The number of anilines is 1. The van der Waals surface area contributed by atoms with Gasteiger partial charge < -0.3 is 10.1 Å². The van der Waals surface area contributed by atoms with Gasteiger partial charge in [-0.15, -0.1) is 0 Å². The molecule has 2 aromatic carbocycles. The first kappa shape index (κ1) is 21.2. The van der Waals surface area contributed by atoms with E-state index in [0.29, 0.717) is 6.54 Å². The highest BCUT2D eigenvalue weighted by Gasteiger charge is 2.19. The Morgan fingerprint density at radius 3 is 2.62 bits per heavy atom. The molecule has 1 fully saturated rings. The van der Waals surface area contributed by atoms with E-state index in [0.717, 1.165) is 51.4 Å². The third kappa shape index (κ3) is 5.99. The van der Waals surface area contributed by atoms with Gasteiger partial charge in [0, 0.05) is 19.6 Å². The number of hydrogen-bond acceptors (Lipinski definition) is 5. The molecule has 0 radical (unpaired) electrons. The van der Waals surface area contributed by atoms with Crippen LogP contribution in [0.5, 0.6) is 0 Å². The van der Waals surface area contributed by atoms with Crippen molar-refractivity contribution in [3.63, 3.8) is 0 Å². The largest absolute Gasteiger partial charge is 0.379 e. The van der Waals surface area contributed by atoms with Crippen LogP contribution in [0.25, 0.3) is 0 Å². The summed E-state index contributed by atoms with van der Waals surface area (Å²) in [5.74, 6) is -1.02. The number of para-hydroxylation sites is 1. The third-order valence-electron chi connectivity index (χ3n) is 4.56. The number of benzene rings is 2. The summed E-state index contributed by atoms with van der Waals surface area (Å²) in [5, 5.41) is 2.82. The van der Waals surface area contributed by atoms with E-state index in [9.17, 15) is 17.6 Å². The Hall–Kier alpha value is -2.49. The number of rotatable bonds is 8. The molecule has 1 heterocycles. The maximum Gasteiger partial charge on any atom is 0.262 e. The van der Waals surface area contributed by atoms with E-state index in [4.69, 9.17) is 4.74 Å². The number of nitrogens with zero attached hydrogens (tertiary/aromatic N) is 1. The molecule has 0 aromatic heterocycles. The van der Waals surface area contributed by atoms with Crippen LogP contribution in [0, 0.1) is 5.82 Å². The van der Waals surface area contributed by atoms with Crippen LogP contribution in [0.2, 0.25) is 0 Å². The highest BCUT2D eigenvalue weighted by Crippen LogP contribution is 2.20. The maximum atomic E-state index is 13.4. The molecule has 2 N–H and O–H groups in total. The van der Waals surface area contributed by atoms with Gasteiger partial charge in [-0.2, -0.15) is 0 Å². The predicted molar refractivity (Wildman–Crippen MR) is 108 cm³/mol. The average molecular weight is 421 g/mol. The quantitative estimate of drug-likeness (QED) is 0.638. The minimum absolute atomic E-state index is 0.141. The van der Waals surface area contributed by atoms with Gasteiger partial charge in [0.15, 0.2) is 0 Å². The number of morpholine rings is 1. The Balaban J connectivity index is 1.61. The van der Waals surface area contributed by atoms with E-state index in [-0.39, 0.29) is 22.1 Å². The fourth-order valence-corrected chi connectivity index (χ4v) is 4.14. The summed E-state index contributed by atoms with van der Waals surface area (Å²) in [6.07, 6.45) is 0.781. The molecule has 0 aliphatic carbocycles. The Labute approximate surface area is 169 Å². The van der Waals surface area contributed by atoms with Gasteiger partial charge in [0.25, 0.3) is 15.9 Å². The first-order chi connectivity index (χ1) is 14.0. The first-order valence-corrected chi connectivity index (χ1v) is 10.9. The van der Waals surface area contributed by atoms with Crippen LogP contribution in [0.15, 0.2) is 53.4 Å². The predicted octanol–water partition coefficient (Wildman–Crippen LogP) is 2.08. The van der Waals surface area contributed by atoms with Crippen molar-refractivity contribution in [2.45, 2.75) is 11.3 Å². The summed E-state index contributed by atoms with van der Waals surface area (Å²) in [7, 11) is -4.02. The molecule has 0 atom stereocenters. The number of carbonyl (C=O) groups is 1. The lowest BCUT2D eigenvalue weighted by Crippen LogP contribution is -2.38.